The molecule has 8 heavy (non-hydrogen) atoms. The van der Waals surface area contributed by atoms with Gasteiger partial charge in [0.15, 0.2) is 0 Å². The monoisotopic (exact) mass is 815 g/mol. The molecule has 0 spiro atoms. The van der Waals surface area contributed by atoms with E-state index in [1.54, 1.807) is 0 Å². The minimum absolute atomic E-state index is 0. The molecular weight excluding hydrogens is 809 g/mol. The zero-order valence-electron chi connectivity index (χ0n) is 2.83. The summed E-state index contributed by atoms with van der Waals surface area (Å²) in [6.45, 7) is 0. The fourth-order valence-electron chi connectivity index (χ4n) is 0. The Bertz CT molecular complexity index is 0. The average molecular weight is 809 g/mol. The Kier molecular flexibility index (Phi) is 546. The molecule has 0 aromatic heterocycles. The van der Waals surface area contributed by atoms with Crippen LogP contribution < -0.4 is 0 Å². The Hall–Kier alpha value is 4.99. The van der Waals surface area contributed by atoms with Crippen LogP contribution in [0.5, 0.6) is 0 Å². The van der Waals surface area contributed by atoms with Crippen molar-refractivity contribution in [2.45, 2.75) is 0 Å². The van der Waals surface area contributed by atoms with Gasteiger partial charge in [0, 0.05) is 156 Å². The topological polar surface area (TPSA) is 0 Å². The van der Waals surface area contributed by atoms with Gasteiger partial charge in [-0.3, -0.25) is 0 Å². The van der Waals surface area contributed by atoms with Gasteiger partial charge in [-0.15, -0.1) is 0 Å². The summed E-state index contributed by atoms with van der Waals surface area (Å²) < 4.78 is 0. The Morgan fingerprint density at radius 3 is 0.125 bits per heavy atom. The normalized spacial score (nSPS) is 0. The molecule has 0 aliphatic heterocycles. The van der Waals surface area contributed by atoms with Gasteiger partial charge in [-0.05, 0) is 0 Å². The summed E-state index contributed by atoms with van der Waals surface area (Å²) >= 11 is 0. The van der Waals surface area contributed by atoms with Crippen molar-refractivity contribution in [1.29, 1.82) is 0 Å². The van der Waals surface area contributed by atoms with Crippen LogP contribution in [-0.4, -0.2) is 0 Å². The van der Waals surface area contributed by atoms with Crippen molar-refractivity contribution in [1.82, 2.24) is 0 Å². The molecule has 0 unspecified atom stereocenters. The minimum atomic E-state index is 0. The molecule has 0 heterocycles. The molecule has 0 atom stereocenters. The Balaban J connectivity index is 0. The van der Waals surface area contributed by atoms with Gasteiger partial charge < -0.3 is 0 Å². The summed E-state index contributed by atoms with van der Waals surface area (Å²) in [5.41, 5.74) is 0. The van der Waals surface area contributed by atoms with Gasteiger partial charge in [-0.25, -0.2) is 0 Å². The van der Waals surface area contributed by atoms with Crippen LogP contribution in [0.4, 0.5) is 0 Å². The van der Waals surface area contributed by atoms with E-state index < -0.39 is 0 Å². The molecule has 0 saturated carbocycles. The zero-order valence-corrected chi connectivity index (χ0v) is 16.7. The molecule has 0 bridgehead atoms. The maximum atomic E-state index is 0. The first-order valence-corrected chi connectivity index (χ1v) is 0. The molecule has 64 valence electrons. The zero-order chi connectivity index (χ0) is 0. The second kappa shape index (κ2) is 58.2. The standard InChI is InChI=1S/8Ru. The summed E-state index contributed by atoms with van der Waals surface area (Å²) in [6.07, 6.45) is 0. The predicted octanol–water partition coefficient (Wildman–Crippen LogP) is -0.0200. The van der Waals surface area contributed by atoms with Crippen LogP contribution in [0.3, 0.4) is 0 Å². The van der Waals surface area contributed by atoms with Gasteiger partial charge in [0.05, 0.1) is 0 Å². The van der Waals surface area contributed by atoms with E-state index in [0.29, 0.717) is 0 Å². The third-order valence-corrected chi connectivity index (χ3v) is 0. The molecule has 8 heteroatoms. The van der Waals surface area contributed by atoms with Crippen molar-refractivity contribution >= 4 is 0 Å². The number of hydrogen-bond donors (Lipinski definition) is 0. The van der Waals surface area contributed by atoms with E-state index in [1.165, 1.54) is 0 Å². The SMILES string of the molecule is [Ru].[Ru].[Ru].[Ru].[Ru].[Ru].[Ru].[Ru]. The maximum Gasteiger partial charge on any atom is 0 e. The fourth-order valence-corrected chi connectivity index (χ4v) is 0. The van der Waals surface area contributed by atoms with E-state index in [1.807, 2.05) is 0 Å². The van der Waals surface area contributed by atoms with Crippen molar-refractivity contribution in [3.8, 4) is 0 Å². The molecule has 0 fully saturated rings. The molecule has 0 amide bonds. The number of rotatable bonds is 0. The van der Waals surface area contributed by atoms with Gasteiger partial charge in [0.25, 0.3) is 0 Å². The van der Waals surface area contributed by atoms with Crippen LogP contribution >= 0.6 is 0 Å². The van der Waals surface area contributed by atoms with Crippen LogP contribution in [0.1, 0.15) is 0 Å². The van der Waals surface area contributed by atoms with E-state index >= 15 is 0 Å². The molecule has 0 nitrogen and oxygen atoms in total. The Labute approximate surface area is 152 Å². The van der Waals surface area contributed by atoms with Crippen LogP contribution in [-0.2, 0) is 156 Å². The second-order valence-electron chi connectivity index (χ2n) is 0. The van der Waals surface area contributed by atoms with Crippen LogP contribution in [0.15, 0.2) is 0 Å². The Morgan fingerprint density at radius 1 is 0.125 bits per heavy atom. The van der Waals surface area contributed by atoms with Crippen molar-refractivity contribution in [3.63, 3.8) is 0 Å². The first-order valence-electron chi connectivity index (χ1n) is 0. The molecule has 0 N–H and O–H groups in total. The third kappa shape index (κ3) is 44.1. The second-order valence-corrected chi connectivity index (χ2v) is 0. The summed E-state index contributed by atoms with van der Waals surface area (Å²) in [5.74, 6) is 0. The molecule has 0 aromatic carbocycles. The third-order valence-electron chi connectivity index (χ3n) is 0. The molecule has 0 aliphatic carbocycles. The molecular formula is Ru8. The van der Waals surface area contributed by atoms with E-state index in [2.05, 4.69) is 0 Å². The average Bonchev–Trinajstić information content (AvgIpc) is 0. The predicted molar refractivity (Wildman–Crippen MR) is 0 cm³/mol. The first kappa shape index (κ1) is 75.0. The minimum Gasteiger partial charge on any atom is 0 e. The van der Waals surface area contributed by atoms with Crippen molar-refractivity contribution in [3.05, 3.63) is 0 Å². The number of hydrogen-bond acceptors (Lipinski definition) is 0. The summed E-state index contributed by atoms with van der Waals surface area (Å²) in [4.78, 5) is 0. The van der Waals surface area contributed by atoms with Crippen molar-refractivity contribution < 1.29 is 156 Å². The van der Waals surface area contributed by atoms with E-state index in [4.69, 9.17) is 0 Å². The van der Waals surface area contributed by atoms with Crippen molar-refractivity contribution in [2.24, 2.45) is 0 Å². The van der Waals surface area contributed by atoms with Gasteiger partial charge in [-0.1, -0.05) is 0 Å². The van der Waals surface area contributed by atoms with Crippen LogP contribution in [0.2, 0.25) is 0 Å². The summed E-state index contributed by atoms with van der Waals surface area (Å²) in [7, 11) is 0. The molecule has 0 saturated heterocycles. The summed E-state index contributed by atoms with van der Waals surface area (Å²) in [5, 5.41) is 0. The van der Waals surface area contributed by atoms with Gasteiger partial charge >= 0.3 is 0 Å². The van der Waals surface area contributed by atoms with Crippen molar-refractivity contribution in [2.75, 3.05) is 0 Å². The maximum absolute atomic E-state index is 0. The van der Waals surface area contributed by atoms with E-state index in [0.717, 1.165) is 0 Å². The molecule has 0 aromatic rings. The van der Waals surface area contributed by atoms with Gasteiger partial charge in [0.1, 0.15) is 0 Å². The molecule has 0 rings (SSSR count). The quantitative estimate of drug-likeness (QED) is 0.303. The Morgan fingerprint density at radius 2 is 0.125 bits per heavy atom. The van der Waals surface area contributed by atoms with Crippen LogP contribution in [0.25, 0.3) is 0 Å². The fraction of sp³-hybridized carbons (Fsp3) is 0. The van der Waals surface area contributed by atoms with Gasteiger partial charge in [0.2, 0.25) is 0 Å². The van der Waals surface area contributed by atoms with Gasteiger partial charge in [-0.2, -0.15) is 0 Å². The first-order chi connectivity index (χ1) is 0. The van der Waals surface area contributed by atoms with E-state index in [-0.39, 0.29) is 156 Å². The van der Waals surface area contributed by atoms with E-state index in [9.17, 15) is 0 Å². The smallest absolute Gasteiger partial charge is 0 e. The molecule has 0 aliphatic rings. The largest absolute Gasteiger partial charge is 0 e. The van der Waals surface area contributed by atoms with Crippen LogP contribution in [0, 0.1) is 0 Å². The molecule has 0 radical (unpaired) electrons. The summed E-state index contributed by atoms with van der Waals surface area (Å²) in [6, 6.07) is 0.